The lowest BCUT2D eigenvalue weighted by atomic mass is 10.1. The maximum atomic E-state index is 12.7. The van der Waals surface area contributed by atoms with Crippen molar-refractivity contribution in [3.8, 4) is 5.75 Å². The van der Waals surface area contributed by atoms with Crippen LogP contribution in [0.3, 0.4) is 0 Å². The first-order valence-corrected chi connectivity index (χ1v) is 8.50. The summed E-state index contributed by atoms with van der Waals surface area (Å²) in [5.41, 5.74) is 1.12. The van der Waals surface area contributed by atoms with Gasteiger partial charge < -0.3 is 14.4 Å². The molecule has 0 N–H and O–H groups in total. The van der Waals surface area contributed by atoms with Gasteiger partial charge >= 0.3 is 0 Å². The molecule has 0 unspecified atom stereocenters. The quantitative estimate of drug-likeness (QED) is 0.772. The van der Waals surface area contributed by atoms with E-state index in [0.717, 1.165) is 12.0 Å². The van der Waals surface area contributed by atoms with Crippen LogP contribution in [-0.4, -0.2) is 53.2 Å². The van der Waals surface area contributed by atoms with Crippen LogP contribution < -0.4 is 4.74 Å². The fourth-order valence-electron chi connectivity index (χ4n) is 3.08. The number of hydrogen-bond donors (Lipinski definition) is 0. The molecule has 1 aliphatic rings. The molecule has 1 amide bonds. The first kappa shape index (κ1) is 17.4. The van der Waals surface area contributed by atoms with Gasteiger partial charge in [-0.2, -0.15) is 0 Å². The average molecular weight is 341 g/mol. The molecule has 1 saturated heterocycles. The van der Waals surface area contributed by atoms with Crippen LogP contribution in [0.5, 0.6) is 5.75 Å². The van der Waals surface area contributed by atoms with Crippen LogP contribution in [0.25, 0.3) is 0 Å². The molecule has 132 valence electrons. The Hall–Kier alpha value is -2.47. The van der Waals surface area contributed by atoms with Crippen molar-refractivity contribution in [3.05, 3.63) is 54.6 Å². The third-order valence-corrected chi connectivity index (χ3v) is 4.48. The molecule has 25 heavy (non-hydrogen) atoms. The third kappa shape index (κ3) is 4.76. The molecule has 2 aromatic heterocycles. The summed E-state index contributed by atoms with van der Waals surface area (Å²) in [5, 5.41) is 0. The summed E-state index contributed by atoms with van der Waals surface area (Å²) in [7, 11) is 1.69. The first-order chi connectivity index (χ1) is 12.3. The summed E-state index contributed by atoms with van der Waals surface area (Å²) in [4.78, 5) is 22.6. The molecule has 1 aliphatic heterocycles. The van der Waals surface area contributed by atoms with Crippen molar-refractivity contribution in [1.29, 1.82) is 0 Å². The maximum absolute atomic E-state index is 12.7. The van der Waals surface area contributed by atoms with E-state index >= 15 is 0 Å². The fraction of sp³-hybridized carbons (Fsp3) is 0.421. The van der Waals surface area contributed by atoms with Crippen molar-refractivity contribution in [2.75, 3.05) is 20.3 Å². The van der Waals surface area contributed by atoms with Gasteiger partial charge in [-0.3, -0.25) is 14.8 Å². The molecule has 0 spiro atoms. The van der Waals surface area contributed by atoms with Gasteiger partial charge in [-0.25, -0.2) is 0 Å². The van der Waals surface area contributed by atoms with E-state index < -0.39 is 0 Å². The fourth-order valence-corrected chi connectivity index (χ4v) is 3.08. The lowest BCUT2D eigenvalue weighted by molar-refractivity contribution is -0.132. The Labute approximate surface area is 147 Å². The Morgan fingerprint density at radius 1 is 1.24 bits per heavy atom. The normalized spacial score (nSPS) is 19.8. The van der Waals surface area contributed by atoms with E-state index in [1.807, 2.05) is 29.2 Å². The van der Waals surface area contributed by atoms with Crippen molar-refractivity contribution < 1.29 is 14.3 Å². The molecule has 1 fully saturated rings. The standard InChI is InChI=1S/C19H23N3O3/c1-24-18-11-16(14-25-17-3-2-8-21-12-17)22(13-18)19(23)5-4-15-6-9-20-10-7-15/h2-3,6-10,12,16,18H,4-5,11,13-14H2,1H3/t16-,18+/m0/s1. The summed E-state index contributed by atoms with van der Waals surface area (Å²) < 4.78 is 11.3. The number of ether oxygens (including phenoxy) is 2. The molecule has 6 heteroatoms. The lowest BCUT2D eigenvalue weighted by Crippen LogP contribution is -2.39. The number of carbonyl (C=O) groups excluding carboxylic acids is 1. The third-order valence-electron chi connectivity index (χ3n) is 4.48. The first-order valence-electron chi connectivity index (χ1n) is 8.50. The van der Waals surface area contributed by atoms with Crippen molar-refractivity contribution >= 4 is 5.91 Å². The molecule has 2 atom stereocenters. The highest BCUT2D eigenvalue weighted by molar-refractivity contribution is 5.77. The number of carbonyl (C=O) groups is 1. The van der Waals surface area contributed by atoms with E-state index in [-0.39, 0.29) is 18.1 Å². The highest BCUT2D eigenvalue weighted by atomic mass is 16.5. The van der Waals surface area contributed by atoms with Gasteiger partial charge in [0.15, 0.2) is 0 Å². The minimum Gasteiger partial charge on any atom is -0.490 e. The molecular weight excluding hydrogens is 318 g/mol. The molecule has 2 aromatic rings. The van der Waals surface area contributed by atoms with Crippen LogP contribution in [0.4, 0.5) is 0 Å². The van der Waals surface area contributed by atoms with E-state index in [0.29, 0.717) is 31.7 Å². The molecule has 0 radical (unpaired) electrons. The highest BCUT2D eigenvalue weighted by Gasteiger charge is 2.35. The van der Waals surface area contributed by atoms with E-state index in [9.17, 15) is 4.79 Å². The van der Waals surface area contributed by atoms with Crippen LogP contribution in [0.1, 0.15) is 18.4 Å². The molecule has 3 heterocycles. The monoisotopic (exact) mass is 341 g/mol. The van der Waals surface area contributed by atoms with E-state index in [4.69, 9.17) is 9.47 Å². The highest BCUT2D eigenvalue weighted by Crippen LogP contribution is 2.22. The molecule has 6 nitrogen and oxygen atoms in total. The summed E-state index contributed by atoms with van der Waals surface area (Å²) in [6, 6.07) is 7.61. The number of nitrogens with zero attached hydrogens (tertiary/aromatic N) is 3. The topological polar surface area (TPSA) is 64.6 Å². The van der Waals surface area contributed by atoms with E-state index in [1.165, 1.54) is 0 Å². The Balaban J connectivity index is 1.57. The van der Waals surface area contributed by atoms with Crippen molar-refractivity contribution in [2.45, 2.75) is 31.4 Å². The number of likely N-dealkylation sites (tertiary alicyclic amines) is 1. The minimum absolute atomic E-state index is 0.0232. The maximum Gasteiger partial charge on any atom is 0.223 e. The SMILES string of the molecule is CO[C@@H]1C[C@@H](COc2cccnc2)N(C(=O)CCc2ccncc2)C1. The van der Waals surface area contributed by atoms with Crippen LogP contribution in [0.15, 0.2) is 49.1 Å². The number of rotatable bonds is 7. The smallest absolute Gasteiger partial charge is 0.223 e. The van der Waals surface area contributed by atoms with Crippen molar-refractivity contribution in [1.82, 2.24) is 14.9 Å². The predicted octanol–water partition coefficient (Wildman–Crippen LogP) is 2.10. The van der Waals surface area contributed by atoms with Gasteiger partial charge in [0.1, 0.15) is 12.4 Å². The Morgan fingerprint density at radius 2 is 2.08 bits per heavy atom. The van der Waals surface area contributed by atoms with Crippen molar-refractivity contribution in [3.63, 3.8) is 0 Å². The zero-order valence-electron chi connectivity index (χ0n) is 14.4. The van der Waals surface area contributed by atoms with Gasteiger partial charge in [0.25, 0.3) is 0 Å². The number of aromatic nitrogens is 2. The second kappa shape index (κ2) is 8.58. The van der Waals surface area contributed by atoms with E-state index in [2.05, 4.69) is 9.97 Å². The van der Waals surface area contributed by atoms with Crippen LogP contribution in [0, 0.1) is 0 Å². The Morgan fingerprint density at radius 3 is 2.80 bits per heavy atom. The van der Waals surface area contributed by atoms with Gasteiger partial charge in [-0.15, -0.1) is 0 Å². The zero-order chi connectivity index (χ0) is 17.5. The minimum atomic E-state index is 0.0232. The molecule has 0 bridgehead atoms. The Kier molecular flexibility index (Phi) is 5.95. The average Bonchev–Trinajstić information content (AvgIpc) is 3.09. The van der Waals surface area contributed by atoms with E-state index in [1.54, 1.807) is 31.9 Å². The number of aryl methyl sites for hydroxylation is 1. The number of amides is 1. The number of methoxy groups -OCH3 is 1. The summed E-state index contributed by atoms with van der Waals surface area (Å²) in [5.74, 6) is 0.851. The summed E-state index contributed by atoms with van der Waals surface area (Å²) in [6.45, 7) is 1.07. The largest absolute Gasteiger partial charge is 0.490 e. The van der Waals surface area contributed by atoms with Gasteiger partial charge in [-0.05, 0) is 42.7 Å². The van der Waals surface area contributed by atoms with Gasteiger partial charge in [0.05, 0.1) is 18.3 Å². The summed E-state index contributed by atoms with van der Waals surface area (Å²) >= 11 is 0. The number of pyridine rings is 2. The molecular formula is C19H23N3O3. The second-order valence-corrected chi connectivity index (χ2v) is 6.15. The van der Waals surface area contributed by atoms with Gasteiger partial charge in [-0.1, -0.05) is 0 Å². The number of hydrogen-bond acceptors (Lipinski definition) is 5. The molecule has 3 rings (SSSR count). The van der Waals surface area contributed by atoms with Gasteiger partial charge in [0.2, 0.25) is 5.91 Å². The predicted molar refractivity (Wildman–Crippen MR) is 93.2 cm³/mol. The van der Waals surface area contributed by atoms with Gasteiger partial charge in [0, 0.05) is 38.7 Å². The van der Waals surface area contributed by atoms with Crippen LogP contribution in [-0.2, 0) is 16.0 Å². The summed E-state index contributed by atoms with van der Waals surface area (Å²) in [6.07, 6.45) is 8.93. The van der Waals surface area contributed by atoms with Crippen LogP contribution in [0.2, 0.25) is 0 Å². The van der Waals surface area contributed by atoms with Crippen molar-refractivity contribution in [2.24, 2.45) is 0 Å². The lowest BCUT2D eigenvalue weighted by Gasteiger charge is -2.24. The molecule has 0 aromatic carbocycles. The molecule has 0 saturated carbocycles. The Bertz CT molecular complexity index is 666. The zero-order valence-corrected chi connectivity index (χ0v) is 14.4. The van der Waals surface area contributed by atoms with Crippen LogP contribution >= 0.6 is 0 Å². The second-order valence-electron chi connectivity index (χ2n) is 6.15. The molecule has 0 aliphatic carbocycles.